The van der Waals surface area contributed by atoms with Gasteiger partial charge in [-0.2, -0.15) is 0 Å². The van der Waals surface area contributed by atoms with E-state index in [1.165, 1.54) is 5.56 Å². The topological polar surface area (TPSA) is 89.7 Å². The number of aromatic hydroxyl groups is 1. The van der Waals surface area contributed by atoms with E-state index >= 15 is 0 Å². The first-order valence-corrected chi connectivity index (χ1v) is 12.7. The Bertz CT molecular complexity index is 1220. The number of hydrogen-bond acceptors (Lipinski definition) is 4. The van der Waals surface area contributed by atoms with E-state index in [2.05, 4.69) is 22.8 Å². The summed E-state index contributed by atoms with van der Waals surface area (Å²) in [5.41, 5.74) is 5.54. The van der Waals surface area contributed by atoms with E-state index in [0.29, 0.717) is 34.7 Å². The van der Waals surface area contributed by atoms with Crippen molar-refractivity contribution in [2.75, 3.05) is 5.32 Å². The summed E-state index contributed by atoms with van der Waals surface area (Å²) in [6.07, 6.45) is 4.06. The quantitative estimate of drug-likeness (QED) is 0.293. The van der Waals surface area contributed by atoms with Gasteiger partial charge in [0.15, 0.2) is 0 Å². The van der Waals surface area contributed by atoms with E-state index < -0.39 is 6.09 Å². The molecule has 174 valence electrons. The van der Waals surface area contributed by atoms with Crippen LogP contribution in [0, 0.1) is 0 Å². The molecule has 0 aromatic heterocycles. The monoisotopic (exact) mass is 625 g/mol. The van der Waals surface area contributed by atoms with E-state index in [9.17, 15) is 14.7 Å². The van der Waals surface area contributed by atoms with Crippen molar-refractivity contribution in [1.82, 2.24) is 0 Å². The van der Waals surface area contributed by atoms with Crippen molar-refractivity contribution in [1.29, 1.82) is 0 Å². The van der Waals surface area contributed by atoms with E-state index in [0.717, 1.165) is 55.3 Å². The summed E-state index contributed by atoms with van der Waals surface area (Å²) in [4.78, 5) is 23.8. The molecule has 4 rings (SSSR count). The van der Waals surface area contributed by atoms with E-state index in [1.807, 2.05) is 30.3 Å². The Morgan fingerprint density at radius 1 is 1.00 bits per heavy atom. The minimum atomic E-state index is -0.633. The molecule has 3 aromatic carbocycles. The Morgan fingerprint density at radius 3 is 2.62 bits per heavy atom. The molecular weight excluding hydrogens is 600 g/mol. The molecule has 2 amide bonds. The predicted molar refractivity (Wildman–Crippen MR) is 129 cm³/mol. The Labute approximate surface area is 209 Å². The van der Waals surface area contributed by atoms with Crippen LogP contribution in [0.5, 0.6) is 5.75 Å². The van der Waals surface area contributed by atoms with Gasteiger partial charge in [-0.1, -0.05) is 0 Å². The number of carbonyl (C=O) groups excluding carboxylic acids is 2. The van der Waals surface area contributed by atoms with Crippen LogP contribution in [0.15, 0.2) is 66.7 Å². The van der Waals surface area contributed by atoms with Crippen LogP contribution < -0.4 is 5.32 Å². The van der Waals surface area contributed by atoms with Crippen molar-refractivity contribution in [2.45, 2.75) is 38.5 Å². The number of rotatable bonds is 8. The van der Waals surface area contributed by atoms with Crippen molar-refractivity contribution in [2.24, 2.45) is 0 Å². The molecule has 0 saturated heterocycles. The Morgan fingerprint density at radius 2 is 1.79 bits per heavy atom. The van der Waals surface area contributed by atoms with Crippen molar-refractivity contribution in [3.8, 4) is 16.9 Å². The van der Waals surface area contributed by atoms with E-state index in [4.69, 9.17) is 4.74 Å². The van der Waals surface area contributed by atoms with Crippen LogP contribution in [-0.4, -0.2) is 21.2 Å². The van der Waals surface area contributed by atoms with E-state index in [1.54, 1.807) is 24.3 Å². The zero-order valence-corrected chi connectivity index (χ0v) is 21.6. The maximum absolute atomic E-state index is 12.2. The van der Waals surface area contributed by atoms with Gasteiger partial charge in [0, 0.05) is 0 Å². The second-order valence-corrected chi connectivity index (χ2v) is 9.84. The van der Waals surface area contributed by atoms with Crippen LogP contribution in [0.3, 0.4) is 0 Å². The number of carbonyl (C=O) groups is 2. The molecule has 0 aliphatic carbocycles. The summed E-state index contributed by atoms with van der Waals surface area (Å²) in [5.74, 6) is 0.238. The molecule has 7 heteroatoms. The average molecular weight is 625 g/mol. The fraction of sp³-hybridized carbons (Fsp3) is 0.222. The van der Waals surface area contributed by atoms with Gasteiger partial charge in [-0.25, -0.2) is 0 Å². The number of unbranched alkanes of at least 4 members (excludes halogenated alkanes) is 1. The molecule has 0 radical (unpaired) electrons. The van der Waals surface area contributed by atoms with Crippen LogP contribution in [0.4, 0.5) is 16.2 Å². The SMILES string of the molecule is O=C1CCc2ccc([N-]C(=O)O[C](=[W])CCCCc3cccc(-c4cccc(O)c4)c3)cc2N1. The molecule has 0 spiro atoms. The Balaban J connectivity index is 1.20. The van der Waals surface area contributed by atoms with Gasteiger partial charge in [-0.3, -0.25) is 0 Å². The number of hydrogen-bond donors (Lipinski definition) is 2. The van der Waals surface area contributed by atoms with Crippen LogP contribution >= 0.6 is 0 Å². The fourth-order valence-corrected chi connectivity index (χ4v) is 4.67. The molecule has 1 heterocycles. The number of anilines is 1. The first-order valence-electron chi connectivity index (χ1n) is 11.2. The van der Waals surface area contributed by atoms with Gasteiger partial charge in [-0.05, 0) is 0 Å². The number of amides is 2. The van der Waals surface area contributed by atoms with Crippen LogP contribution in [0.2, 0.25) is 0 Å². The van der Waals surface area contributed by atoms with Crippen LogP contribution in [0.25, 0.3) is 16.4 Å². The molecule has 0 bridgehead atoms. The molecule has 0 atom stereocenters. The molecule has 2 N–H and O–H groups in total. The van der Waals surface area contributed by atoms with Gasteiger partial charge in [0.25, 0.3) is 0 Å². The van der Waals surface area contributed by atoms with E-state index in [-0.39, 0.29) is 11.7 Å². The average Bonchev–Trinajstić information content (AvgIpc) is 2.82. The number of nitrogens with one attached hydrogen (secondary N) is 1. The van der Waals surface area contributed by atoms with Crippen LogP contribution in [-0.2, 0) is 41.7 Å². The molecule has 0 unspecified atom stereocenters. The molecule has 34 heavy (non-hydrogen) atoms. The second-order valence-electron chi connectivity index (χ2n) is 8.20. The molecule has 1 aliphatic rings. The molecule has 1 aliphatic heterocycles. The Hall–Kier alpha value is -3.24. The van der Waals surface area contributed by atoms with Gasteiger partial charge < -0.3 is 0 Å². The number of phenols is 1. The summed E-state index contributed by atoms with van der Waals surface area (Å²) in [6, 6.07) is 21.0. The minimum absolute atomic E-state index is 0.0221. The number of benzene rings is 3. The van der Waals surface area contributed by atoms with Gasteiger partial charge in [0.2, 0.25) is 0 Å². The van der Waals surface area contributed by atoms with Crippen molar-refractivity contribution < 1.29 is 38.8 Å². The van der Waals surface area contributed by atoms with Gasteiger partial charge in [0.1, 0.15) is 0 Å². The first kappa shape index (κ1) is 23.9. The number of ether oxygens (including phenoxy) is 1. The molecular formula is C27H25N2O4W-. The first-order chi connectivity index (χ1) is 16.5. The molecule has 6 nitrogen and oxygen atoms in total. The standard InChI is InChI=1S/C27H26N2O4.W/c30-24-10-5-9-22(17-24)21-8-4-7-19(16-21)6-2-1-3-15-33-27(32)28-23-13-11-20-12-14-26(31)29-25(20)18-23;/h4-5,7-11,13,16-18H,1-3,6,12,14H2,(H3,28,29,30,31,32);/p-1. The van der Waals surface area contributed by atoms with Gasteiger partial charge >= 0.3 is 210 Å². The van der Waals surface area contributed by atoms with Crippen molar-refractivity contribution in [3.05, 3.63) is 83.2 Å². The van der Waals surface area contributed by atoms with Crippen molar-refractivity contribution >= 4 is 27.5 Å². The number of fused-ring (bicyclic) bond motifs is 1. The van der Waals surface area contributed by atoms with Gasteiger partial charge in [-0.15, -0.1) is 0 Å². The summed E-state index contributed by atoms with van der Waals surface area (Å²) in [6.45, 7) is 0. The van der Waals surface area contributed by atoms with Crippen LogP contribution in [0.1, 0.15) is 36.8 Å². The number of phenolic OH excluding ortho intramolecular Hbond substituents is 1. The Kier molecular flexibility index (Phi) is 7.91. The molecule has 0 saturated carbocycles. The molecule has 3 aromatic rings. The predicted octanol–water partition coefficient (Wildman–Crippen LogP) is 6.18. The summed E-state index contributed by atoms with van der Waals surface area (Å²) in [5, 5.41) is 16.5. The van der Waals surface area contributed by atoms with Gasteiger partial charge in [0.05, 0.1) is 0 Å². The normalized spacial score (nSPS) is 12.4. The number of nitrogens with zero attached hydrogens (tertiary/aromatic N) is 1. The zero-order valence-electron chi connectivity index (χ0n) is 18.6. The summed E-state index contributed by atoms with van der Waals surface area (Å²) in [7, 11) is 0. The van der Waals surface area contributed by atoms with Crippen molar-refractivity contribution in [3.63, 3.8) is 0 Å². The third kappa shape index (κ3) is 6.64. The zero-order chi connectivity index (χ0) is 23.9. The summed E-state index contributed by atoms with van der Waals surface area (Å²) < 4.78 is 6.11. The molecule has 0 fully saturated rings. The third-order valence-electron chi connectivity index (χ3n) is 5.61. The third-order valence-corrected chi connectivity index (χ3v) is 6.65. The second kappa shape index (κ2) is 11.3. The maximum atomic E-state index is 12.2. The number of aryl methyl sites for hydroxylation is 2. The summed E-state index contributed by atoms with van der Waals surface area (Å²) >= 11 is 1.11. The fourth-order valence-electron chi connectivity index (χ4n) is 3.90.